The quantitative estimate of drug-likeness (QED) is 0.744. The summed E-state index contributed by atoms with van der Waals surface area (Å²) in [4.78, 5) is 26.7. The lowest BCUT2D eigenvalue weighted by molar-refractivity contribution is -0.123. The van der Waals surface area contributed by atoms with Crippen molar-refractivity contribution < 1.29 is 19.1 Å². The van der Waals surface area contributed by atoms with Crippen LogP contribution in [0.2, 0.25) is 0 Å². The summed E-state index contributed by atoms with van der Waals surface area (Å²) in [5.74, 6) is 0.409. The molecule has 1 aromatic heterocycles. The number of fused-ring (bicyclic) bond motifs is 1. The zero-order valence-corrected chi connectivity index (χ0v) is 16.7. The van der Waals surface area contributed by atoms with Crippen LogP contribution in [0.4, 0.5) is 5.69 Å². The van der Waals surface area contributed by atoms with E-state index in [4.69, 9.17) is 9.47 Å². The van der Waals surface area contributed by atoms with Gasteiger partial charge in [-0.05, 0) is 62.8 Å². The maximum atomic E-state index is 12.5. The van der Waals surface area contributed by atoms with Gasteiger partial charge in [-0.25, -0.2) is 4.79 Å². The molecule has 0 aliphatic heterocycles. The van der Waals surface area contributed by atoms with Gasteiger partial charge in [-0.15, -0.1) is 11.3 Å². The van der Waals surface area contributed by atoms with Gasteiger partial charge in [0.25, 0.3) is 5.91 Å². The number of hydrogen-bond acceptors (Lipinski definition) is 5. The highest BCUT2D eigenvalue weighted by atomic mass is 32.1. The van der Waals surface area contributed by atoms with Crippen LogP contribution in [-0.2, 0) is 22.4 Å². The fourth-order valence-corrected chi connectivity index (χ4v) is 4.26. The molecule has 1 N–H and O–H groups in total. The van der Waals surface area contributed by atoms with Crippen molar-refractivity contribution in [3.63, 3.8) is 0 Å². The van der Waals surface area contributed by atoms with E-state index in [1.165, 1.54) is 21.8 Å². The molecule has 1 aliphatic rings. The average Bonchev–Trinajstić information content (AvgIpc) is 3.06. The molecule has 1 amide bonds. The summed E-state index contributed by atoms with van der Waals surface area (Å²) in [7, 11) is 0. The van der Waals surface area contributed by atoms with Crippen LogP contribution >= 0.6 is 11.3 Å². The largest absolute Gasteiger partial charge is 0.492 e. The summed E-state index contributed by atoms with van der Waals surface area (Å²) in [5.41, 5.74) is 1.81. The summed E-state index contributed by atoms with van der Waals surface area (Å²) in [6.07, 6.45) is 2.27. The monoisotopic (exact) mass is 387 g/mol. The topological polar surface area (TPSA) is 64.6 Å². The fourth-order valence-electron chi connectivity index (χ4n) is 3.16. The lowest BCUT2D eigenvalue weighted by Gasteiger charge is -2.16. The van der Waals surface area contributed by atoms with Crippen molar-refractivity contribution in [1.82, 2.24) is 0 Å². The minimum absolute atomic E-state index is 0.384. The molecule has 3 rings (SSSR count). The number of ether oxygens (including phenoxy) is 2. The van der Waals surface area contributed by atoms with E-state index < -0.39 is 12.1 Å². The number of hydrogen-bond donors (Lipinski definition) is 1. The molecule has 1 aromatic carbocycles. The van der Waals surface area contributed by atoms with Crippen molar-refractivity contribution in [2.45, 2.75) is 46.1 Å². The smallest absolute Gasteiger partial charge is 0.349 e. The first kappa shape index (κ1) is 19.4. The molecule has 1 aliphatic carbocycles. The number of carbonyl (C=O) groups excluding carboxylic acids is 2. The third-order valence-electron chi connectivity index (χ3n) is 4.63. The zero-order valence-electron chi connectivity index (χ0n) is 15.9. The second-order valence-electron chi connectivity index (χ2n) is 6.87. The molecular formula is C21H25NO4S. The third-order valence-corrected chi connectivity index (χ3v) is 5.85. The van der Waals surface area contributed by atoms with Gasteiger partial charge in [0.1, 0.15) is 10.6 Å². The molecule has 0 saturated carbocycles. The molecule has 2 aromatic rings. The number of rotatable bonds is 6. The Morgan fingerprint density at radius 1 is 1.33 bits per heavy atom. The molecule has 27 heavy (non-hydrogen) atoms. The fraction of sp³-hybridized carbons (Fsp3) is 0.429. The number of amides is 1. The second kappa shape index (κ2) is 8.57. The Morgan fingerprint density at radius 3 is 2.89 bits per heavy atom. The van der Waals surface area contributed by atoms with Gasteiger partial charge in [-0.2, -0.15) is 0 Å². The van der Waals surface area contributed by atoms with Crippen LogP contribution in [-0.4, -0.2) is 24.6 Å². The molecule has 2 atom stereocenters. The Hall–Kier alpha value is -2.34. The zero-order chi connectivity index (χ0) is 19.4. The van der Waals surface area contributed by atoms with Crippen molar-refractivity contribution in [3.8, 4) is 5.75 Å². The standard InChI is InChI=1S/C21H25NO4S/c1-4-25-17-8-6-5-7-16(17)22-20(23)14(3)26-21(24)19-12-15-11-13(2)9-10-18(15)27-19/h5-8,12-14H,4,9-11H2,1-3H3,(H,22,23)/t13-,14-/m0/s1. The highest BCUT2D eigenvalue weighted by Crippen LogP contribution is 2.32. The van der Waals surface area contributed by atoms with E-state index in [9.17, 15) is 9.59 Å². The van der Waals surface area contributed by atoms with Gasteiger partial charge in [-0.1, -0.05) is 19.1 Å². The molecular weight excluding hydrogens is 362 g/mol. The van der Waals surface area contributed by atoms with Gasteiger partial charge in [-0.3, -0.25) is 4.79 Å². The second-order valence-corrected chi connectivity index (χ2v) is 8.01. The van der Waals surface area contributed by atoms with Crippen LogP contribution in [0.1, 0.15) is 47.3 Å². The van der Waals surface area contributed by atoms with Gasteiger partial charge >= 0.3 is 5.97 Å². The molecule has 0 spiro atoms. The molecule has 144 valence electrons. The molecule has 5 nitrogen and oxygen atoms in total. The SMILES string of the molecule is CCOc1ccccc1NC(=O)[C@H](C)OC(=O)c1cc2c(s1)CC[C@H](C)C2. The predicted molar refractivity (Wildman–Crippen MR) is 107 cm³/mol. The van der Waals surface area contributed by atoms with E-state index in [-0.39, 0.29) is 5.91 Å². The molecule has 6 heteroatoms. The molecule has 0 saturated heterocycles. The number of nitrogens with one attached hydrogen (secondary N) is 1. The summed E-state index contributed by atoms with van der Waals surface area (Å²) in [5, 5.41) is 2.77. The van der Waals surface area contributed by atoms with Crippen LogP contribution in [0.15, 0.2) is 30.3 Å². The number of thiophene rings is 1. The van der Waals surface area contributed by atoms with Crippen molar-refractivity contribution >= 4 is 28.9 Å². The van der Waals surface area contributed by atoms with Crippen molar-refractivity contribution in [2.75, 3.05) is 11.9 Å². The maximum Gasteiger partial charge on any atom is 0.349 e. The first-order chi connectivity index (χ1) is 13.0. The lowest BCUT2D eigenvalue weighted by atomic mass is 9.90. The van der Waals surface area contributed by atoms with Gasteiger partial charge in [0.2, 0.25) is 0 Å². The Labute approximate surface area is 163 Å². The highest BCUT2D eigenvalue weighted by molar-refractivity contribution is 7.14. The van der Waals surface area contributed by atoms with Crippen molar-refractivity contribution in [1.29, 1.82) is 0 Å². The van der Waals surface area contributed by atoms with E-state index in [0.717, 1.165) is 19.3 Å². The molecule has 0 fully saturated rings. The average molecular weight is 388 g/mol. The minimum atomic E-state index is -0.898. The van der Waals surface area contributed by atoms with Gasteiger partial charge < -0.3 is 14.8 Å². The van der Waals surface area contributed by atoms with Crippen LogP contribution < -0.4 is 10.1 Å². The van der Waals surface area contributed by atoms with Crippen LogP contribution in [0.3, 0.4) is 0 Å². The highest BCUT2D eigenvalue weighted by Gasteiger charge is 2.24. The van der Waals surface area contributed by atoms with Crippen LogP contribution in [0.5, 0.6) is 5.75 Å². The first-order valence-corrected chi connectivity index (χ1v) is 10.1. The Kier molecular flexibility index (Phi) is 6.16. The van der Waals surface area contributed by atoms with Crippen molar-refractivity contribution in [3.05, 3.63) is 45.6 Å². The van der Waals surface area contributed by atoms with Crippen LogP contribution in [0, 0.1) is 5.92 Å². The lowest BCUT2D eigenvalue weighted by Crippen LogP contribution is -2.30. The van der Waals surface area contributed by atoms with E-state index in [0.29, 0.717) is 28.8 Å². The minimum Gasteiger partial charge on any atom is -0.492 e. The summed E-state index contributed by atoms with van der Waals surface area (Å²) >= 11 is 1.49. The Bertz CT molecular complexity index is 829. The van der Waals surface area contributed by atoms with Gasteiger partial charge in [0.05, 0.1) is 12.3 Å². The molecule has 0 unspecified atom stereocenters. The van der Waals surface area contributed by atoms with E-state index in [1.807, 2.05) is 25.1 Å². The number of aryl methyl sites for hydroxylation is 1. The van der Waals surface area contributed by atoms with Gasteiger partial charge in [0, 0.05) is 4.88 Å². The first-order valence-electron chi connectivity index (χ1n) is 9.33. The molecule has 1 heterocycles. The number of benzene rings is 1. The van der Waals surface area contributed by atoms with E-state index in [2.05, 4.69) is 12.2 Å². The third kappa shape index (κ3) is 4.69. The van der Waals surface area contributed by atoms with E-state index >= 15 is 0 Å². The van der Waals surface area contributed by atoms with Crippen LogP contribution in [0.25, 0.3) is 0 Å². The summed E-state index contributed by atoms with van der Waals surface area (Å²) in [6, 6.07) is 9.11. The normalized spacial score (nSPS) is 16.9. The number of carbonyl (C=O) groups is 2. The van der Waals surface area contributed by atoms with E-state index in [1.54, 1.807) is 19.1 Å². The summed E-state index contributed by atoms with van der Waals surface area (Å²) < 4.78 is 10.9. The predicted octanol–water partition coefficient (Wildman–Crippen LogP) is 4.46. The number of anilines is 1. The molecule has 0 bridgehead atoms. The number of esters is 1. The van der Waals surface area contributed by atoms with Crippen molar-refractivity contribution in [2.24, 2.45) is 5.92 Å². The number of para-hydroxylation sites is 2. The molecule has 0 radical (unpaired) electrons. The summed E-state index contributed by atoms with van der Waals surface area (Å²) in [6.45, 7) is 6.18. The Balaban J connectivity index is 1.62. The Morgan fingerprint density at radius 2 is 2.11 bits per heavy atom. The van der Waals surface area contributed by atoms with Gasteiger partial charge in [0.15, 0.2) is 6.10 Å². The maximum absolute atomic E-state index is 12.5.